The SMILES string of the molecule is CN(C)CC(=O)N(C)c1ccc(-c2cnc3[nH]c4ccc(CS(=O)(=O)c5ccccc5)cc4c3c2-c2ccccc2)cc1. The van der Waals surface area contributed by atoms with Gasteiger partial charge in [0.15, 0.2) is 9.84 Å². The number of amides is 1. The van der Waals surface area contributed by atoms with E-state index in [4.69, 9.17) is 4.98 Å². The minimum Gasteiger partial charge on any atom is -0.339 e. The summed E-state index contributed by atoms with van der Waals surface area (Å²) >= 11 is 0. The normalized spacial score (nSPS) is 11.8. The number of nitrogens with one attached hydrogen (secondary N) is 1. The first-order chi connectivity index (χ1) is 20.7. The molecule has 0 radical (unpaired) electrons. The molecule has 0 fully saturated rings. The van der Waals surface area contributed by atoms with Crippen molar-refractivity contribution < 1.29 is 13.2 Å². The van der Waals surface area contributed by atoms with Crippen LogP contribution in [0.1, 0.15) is 5.56 Å². The second kappa shape index (κ2) is 11.5. The molecule has 0 unspecified atom stereocenters. The molecule has 7 nitrogen and oxygen atoms in total. The van der Waals surface area contributed by atoms with Gasteiger partial charge in [0, 0.05) is 46.3 Å². The molecule has 0 atom stereocenters. The molecule has 1 amide bonds. The molecule has 0 saturated carbocycles. The molecular weight excluding hydrogens is 556 g/mol. The van der Waals surface area contributed by atoms with Gasteiger partial charge in [-0.15, -0.1) is 0 Å². The Bertz CT molecular complexity index is 2040. The van der Waals surface area contributed by atoms with E-state index in [1.165, 1.54) is 0 Å². The molecule has 2 aromatic heterocycles. The van der Waals surface area contributed by atoms with Crippen LogP contribution in [0.5, 0.6) is 0 Å². The van der Waals surface area contributed by atoms with Crippen LogP contribution in [0.3, 0.4) is 0 Å². The van der Waals surface area contributed by atoms with Crippen LogP contribution in [0.4, 0.5) is 5.69 Å². The third kappa shape index (κ3) is 5.67. The summed E-state index contributed by atoms with van der Waals surface area (Å²) in [6.45, 7) is 0.326. The summed E-state index contributed by atoms with van der Waals surface area (Å²) in [6, 6.07) is 32.3. The fourth-order valence-corrected chi connectivity index (χ4v) is 6.79. The van der Waals surface area contributed by atoms with Gasteiger partial charge < -0.3 is 14.8 Å². The lowest BCUT2D eigenvalue weighted by Gasteiger charge is -2.20. The number of anilines is 1. The molecule has 8 heteroatoms. The van der Waals surface area contributed by atoms with E-state index in [2.05, 4.69) is 17.1 Å². The summed E-state index contributed by atoms with van der Waals surface area (Å²) in [5, 5.41) is 1.84. The van der Waals surface area contributed by atoms with Gasteiger partial charge in [0.1, 0.15) is 5.65 Å². The van der Waals surface area contributed by atoms with Crippen molar-refractivity contribution in [2.24, 2.45) is 0 Å². The van der Waals surface area contributed by atoms with Gasteiger partial charge in [-0.3, -0.25) is 4.79 Å². The molecule has 216 valence electrons. The lowest BCUT2D eigenvalue weighted by atomic mass is 9.92. The van der Waals surface area contributed by atoms with Crippen molar-refractivity contribution in [2.75, 3.05) is 32.6 Å². The van der Waals surface area contributed by atoms with E-state index in [1.54, 1.807) is 36.2 Å². The number of hydrogen-bond acceptors (Lipinski definition) is 5. The summed E-state index contributed by atoms with van der Waals surface area (Å²) < 4.78 is 26.4. The van der Waals surface area contributed by atoms with Crippen LogP contribution >= 0.6 is 0 Å². The molecule has 0 saturated heterocycles. The van der Waals surface area contributed by atoms with E-state index >= 15 is 0 Å². The Balaban J connectivity index is 1.48. The second-order valence-electron chi connectivity index (χ2n) is 11.0. The molecule has 6 rings (SSSR count). The number of pyridine rings is 1. The molecule has 1 N–H and O–H groups in total. The highest BCUT2D eigenvalue weighted by molar-refractivity contribution is 7.90. The molecular formula is C35H32N4O3S. The van der Waals surface area contributed by atoms with Crippen LogP contribution in [0.25, 0.3) is 44.2 Å². The van der Waals surface area contributed by atoms with E-state index in [-0.39, 0.29) is 11.7 Å². The van der Waals surface area contributed by atoms with E-state index in [1.807, 2.05) is 91.9 Å². The van der Waals surface area contributed by atoms with Crippen molar-refractivity contribution in [1.29, 1.82) is 0 Å². The molecule has 6 aromatic rings. The zero-order valence-corrected chi connectivity index (χ0v) is 25.1. The topological polar surface area (TPSA) is 86.4 Å². The standard InChI is InChI=1S/C35H32N4O3S/c1-38(2)22-32(40)39(3)27-17-15-25(16-18-27)30-21-36-35-34(33(30)26-10-6-4-7-11-26)29-20-24(14-19-31(29)37-35)23-43(41,42)28-12-8-5-9-13-28/h4-21H,22-23H2,1-3H3,(H,36,37). The number of carbonyl (C=O) groups is 1. The average Bonchev–Trinajstić information content (AvgIpc) is 3.38. The minimum atomic E-state index is -3.51. The smallest absolute Gasteiger partial charge is 0.240 e. The van der Waals surface area contributed by atoms with E-state index in [0.29, 0.717) is 17.0 Å². The summed E-state index contributed by atoms with van der Waals surface area (Å²) in [7, 11) is 2.02. The molecule has 0 aliphatic heterocycles. The lowest BCUT2D eigenvalue weighted by molar-refractivity contribution is -0.118. The molecule has 2 heterocycles. The number of likely N-dealkylation sites (N-methyl/N-ethyl adjacent to an activating group) is 2. The van der Waals surface area contributed by atoms with Crippen LogP contribution in [-0.4, -0.2) is 56.9 Å². The van der Waals surface area contributed by atoms with Crippen LogP contribution in [0.15, 0.2) is 114 Å². The molecule has 0 aliphatic carbocycles. The highest BCUT2D eigenvalue weighted by Gasteiger charge is 2.20. The Kier molecular flexibility index (Phi) is 7.56. The fraction of sp³-hybridized carbons (Fsp3) is 0.143. The number of hydrogen-bond donors (Lipinski definition) is 1. The predicted octanol–water partition coefficient (Wildman–Crippen LogP) is 6.55. The van der Waals surface area contributed by atoms with Crippen molar-refractivity contribution in [3.8, 4) is 22.3 Å². The molecule has 4 aromatic carbocycles. The zero-order valence-electron chi connectivity index (χ0n) is 24.3. The van der Waals surface area contributed by atoms with Gasteiger partial charge in [-0.2, -0.15) is 0 Å². The first-order valence-corrected chi connectivity index (χ1v) is 15.6. The maximum absolute atomic E-state index is 13.2. The molecule has 0 aliphatic rings. The van der Waals surface area contributed by atoms with Gasteiger partial charge in [-0.05, 0) is 67.2 Å². The lowest BCUT2D eigenvalue weighted by Crippen LogP contribution is -2.34. The van der Waals surface area contributed by atoms with E-state index < -0.39 is 9.84 Å². The maximum atomic E-state index is 13.2. The number of aromatic amines is 1. The third-order valence-electron chi connectivity index (χ3n) is 7.60. The van der Waals surface area contributed by atoms with Gasteiger partial charge in [0.05, 0.1) is 17.2 Å². The number of carbonyl (C=O) groups excluding carboxylic acids is 1. The Labute approximate surface area is 251 Å². The van der Waals surface area contributed by atoms with Gasteiger partial charge in [0.25, 0.3) is 0 Å². The van der Waals surface area contributed by atoms with Crippen molar-refractivity contribution in [1.82, 2.24) is 14.9 Å². The minimum absolute atomic E-state index is 0.00897. The van der Waals surface area contributed by atoms with Crippen LogP contribution < -0.4 is 4.90 Å². The summed E-state index contributed by atoms with van der Waals surface area (Å²) in [6.07, 6.45) is 1.87. The number of benzene rings is 4. The van der Waals surface area contributed by atoms with Gasteiger partial charge in [-0.1, -0.05) is 66.7 Å². The first kappa shape index (κ1) is 28.3. The fourth-order valence-electron chi connectivity index (χ4n) is 5.43. The van der Waals surface area contributed by atoms with Crippen LogP contribution in [-0.2, 0) is 20.4 Å². The van der Waals surface area contributed by atoms with Crippen LogP contribution in [0, 0.1) is 0 Å². The summed E-state index contributed by atoms with van der Waals surface area (Å²) in [4.78, 5) is 24.7. The predicted molar refractivity (Wildman–Crippen MR) is 174 cm³/mol. The van der Waals surface area contributed by atoms with E-state index in [0.717, 1.165) is 49.9 Å². The summed E-state index contributed by atoms with van der Waals surface area (Å²) in [5.74, 6) is -0.0933. The Hall–Kier alpha value is -4.79. The maximum Gasteiger partial charge on any atom is 0.240 e. The quantitative estimate of drug-likeness (QED) is 0.218. The number of aromatic nitrogens is 2. The Morgan fingerprint density at radius 3 is 2.16 bits per heavy atom. The number of rotatable bonds is 8. The number of nitrogens with zero attached hydrogens (tertiary/aromatic N) is 3. The molecule has 0 spiro atoms. The molecule has 43 heavy (non-hydrogen) atoms. The van der Waals surface area contributed by atoms with Crippen molar-refractivity contribution in [3.63, 3.8) is 0 Å². The third-order valence-corrected chi connectivity index (χ3v) is 9.30. The van der Waals surface area contributed by atoms with E-state index in [9.17, 15) is 13.2 Å². The van der Waals surface area contributed by atoms with Gasteiger partial charge >= 0.3 is 0 Å². The van der Waals surface area contributed by atoms with Crippen molar-refractivity contribution >= 4 is 43.4 Å². The monoisotopic (exact) mass is 588 g/mol. The second-order valence-corrected chi connectivity index (χ2v) is 12.9. The molecule has 0 bridgehead atoms. The highest BCUT2D eigenvalue weighted by Crippen LogP contribution is 2.41. The largest absolute Gasteiger partial charge is 0.339 e. The average molecular weight is 589 g/mol. The number of sulfone groups is 1. The summed E-state index contributed by atoms with van der Waals surface area (Å²) in [5.41, 5.74) is 7.05. The first-order valence-electron chi connectivity index (χ1n) is 14.0. The Morgan fingerprint density at radius 2 is 1.49 bits per heavy atom. The van der Waals surface area contributed by atoms with Crippen molar-refractivity contribution in [3.05, 3.63) is 115 Å². The zero-order chi connectivity index (χ0) is 30.1. The number of H-pyrrole nitrogens is 1. The Morgan fingerprint density at radius 1 is 0.814 bits per heavy atom. The van der Waals surface area contributed by atoms with Gasteiger partial charge in [-0.25, -0.2) is 13.4 Å². The number of fused-ring (bicyclic) bond motifs is 3. The van der Waals surface area contributed by atoms with Gasteiger partial charge in [0.2, 0.25) is 5.91 Å². The van der Waals surface area contributed by atoms with Crippen molar-refractivity contribution in [2.45, 2.75) is 10.6 Å². The van der Waals surface area contributed by atoms with Crippen LogP contribution in [0.2, 0.25) is 0 Å². The highest BCUT2D eigenvalue weighted by atomic mass is 32.2.